The Morgan fingerprint density at radius 2 is 1.85 bits per heavy atom. The summed E-state index contributed by atoms with van der Waals surface area (Å²) < 4.78 is 22.5. The van der Waals surface area contributed by atoms with Crippen LogP contribution in [0.15, 0.2) is 29.2 Å². The molecule has 0 saturated heterocycles. The summed E-state index contributed by atoms with van der Waals surface area (Å²) in [4.78, 5) is 26.7. The second-order valence-electron chi connectivity index (χ2n) is 6.86. The van der Waals surface area contributed by atoms with Crippen molar-refractivity contribution >= 4 is 21.8 Å². The number of unbranched alkanes of at least 4 members (excludes halogenated alkanes) is 1. The van der Waals surface area contributed by atoms with Crippen LogP contribution in [0, 0.1) is 5.41 Å². The molecule has 144 valence electrons. The van der Waals surface area contributed by atoms with Gasteiger partial charge in [0.15, 0.2) is 0 Å². The standard InChI is InChI=1S/C18H27N3O4S/c1-3-4-13-21(2)17(23)18(10-11-18)16(22)20-12-9-14-5-7-15(8-6-14)26(19,24)25/h5-8H,3-4,9-13H2,1-2H3,(H,20,22)(H2,19,24,25). The fourth-order valence-electron chi connectivity index (χ4n) is 2.86. The quantitative estimate of drug-likeness (QED) is 0.623. The number of rotatable bonds is 9. The summed E-state index contributed by atoms with van der Waals surface area (Å²) >= 11 is 0. The van der Waals surface area contributed by atoms with Crippen molar-refractivity contribution in [3.63, 3.8) is 0 Å². The lowest BCUT2D eigenvalue weighted by Crippen LogP contribution is -2.44. The number of nitrogens with two attached hydrogens (primary N) is 1. The number of carbonyl (C=O) groups excluding carboxylic acids is 2. The summed E-state index contributed by atoms with van der Waals surface area (Å²) in [6.45, 7) is 3.12. The third-order valence-corrected chi connectivity index (χ3v) is 5.67. The number of nitrogens with zero attached hydrogens (tertiary/aromatic N) is 1. The highest BCUT2D eigenvalue weighted by Gasteiger charge is 2.57. The first-order valence-electron chi connectivity index (χ1n) is 8.86. The number of carbonyl (C=O) groups is 2. The summed E-state index contributed by atoms with van der Waals surface area (Å²) in [6, 6.07) is 6.23. The van der Waals surface area contributed by atoms with E-state index in [0.717, 1.165) is 18.4 Å². The van der Waals surface area contributed by atoms with Crippen molar-refractivity contribution in [3.05, 3.63) is 29.8 Å². The molecule has 0 spiro atoms. The molecular formula is C18H27N3O4S. The Kier molecular flexibility index (Phi) is 6.41. The molecule has 2 rings (SSSR count). The molecule has 0 aliphatic heterocycles. The molecule has 1 aliphatic carbocycles. The normalized spacial score (nSPS) is 15.3. The smallest absolute Gasteiger partial charge is 0.238 e. The van der Waals surface area contributed by atoms with E-state index in [9.17, 15) is 18.0 Å². The van der Waals surface area contributed by atoms with Crippen LogP contribution in [0.3, 0.4) is 0 Å². The lowest BCUT2D eigenvalue weighted by molar-refractivity contribution is -0.143. The van der Waals surface area contributed by atoms with Crippen LogP contribution in [-0.2, 0) is 26.0 Å². The van der Waals surface area contributed by atoms with Crippen molar-refractivity contribution in [2.24, 2.45) is 10.6 Å². The molecule has 0 aromatic heterocycles. The molecule has 1 saturated carbocycles. The van der Waals surface area contributed by atoms with E-state index in [-0.39, 0.29) is 16.7 Å². The van der Waals surface area contributed by atoms with Crippen LogP contribution in [0.25, 0.3) is 0 Å². The third-order valence-electron chi connectivity index (χ3n) is 4.74. The zero-order valence-electron chi connectivity index (χ0n) is 15.3. The van der Waals surface area contributed by atoms with Gasteiger partial charge < -0.3 is 10.2 Å². The molecule has 1 aliphatic rings. The molecule has 0 radical (unpaired) electrons. The Bertz CT molecular complexity index is 755. The van der Waals surface area contributed by atoms with Gasteiger partial charge in [0.2, 0.25) is 21.8 Å². The van der Waals surface area contributed by atoms with Gasteiger partial charge >= 0.3 is 0 Å². The number of amides is 2. The fourth-order valence-corrected chi connectivity index (χ4v) is 3.38. The van der Waals surface area contributed by atoms with Crippen molar-refractivity contribution in [2.45, 2.75) is 43.9 Å². The van der Waals surface area contributed by atoms with Crippen molar-refractivity contribution in [2.75, 3.05) is 20.1 Å². The molecule has 0 atom stereocenters. The van der Waals surface area contributed by atoms with E-state index in [2.05, 4.69) is 12.2 Å². The van der Waals surface area contributed by atoms with Gasteiger partial charge in [0.1, 0.15) is 5.41 Å². The van der Waals surface area contributed by atoms with Crippen molar-refractivity contribution in [3.8, 4) is 0 Å². The summed E-state index contributed by atoms with van der Waals surface area (Å²) in [5, 5.41) is 7.91. The van der Waals surface area contributed by atoms with E-state index in [0.29, 0.717) is 32.4 Å². The van der Waals surface area contributed by atoms with Crippen LogP contribution in [0.4, 0.5) is 0 Å². The van der Waals surface area contributed by atoms with Crippen molar-refractivity contribution < 1.29 is 18.0 Å². The van der Waals surface area contributed by atoms with Crippen LogP contribution >= 0.6 is 0 Å². The molecule has 1 aromatic rings. The highest BCUT2D eigenvalue weighted by molar-refractivity contribution is 7.89. The number of hydrogen-bond donors (Lipinski definition) is 2. The van der Waals surface area contributed by atoms with E-state index >= 15 is 0 Å². The van der Waals surface area contributed by atoms with Gasteiger partial charge in [-0.3, -0.25) is 9.59 Å². The molecule has 3 N–H and O–H groups in total. The van der Waals surface area contributed by atoms with Gasteiger partial charge in [-0.1, -0.05) is 25.5 Å². The number of nitrogens with one attached hydrogen (secondary N) is 1. The van der Waals surface area contributed by atoms with Crippen LogP contribution < -0.4 is 10.5 Å². The molecule has 1 fully saturated rings. The van der Waals surface area contributed by atoms with Gasteiger partial charge in [0, 0.05) is 20.1 Å². The minimum absolute atomic E-state index is 0.0583. The first-order chi connectivity index (χ1) is 12.2. The predicted molar refractivity (Wildman–Crippen MR) is 98.7 cm³/mol. The average Bonchev–Trinajstić information content (AvgIpc) is 3.40. The van der Waals surface area contributed by atoms with Crippen molar-refractivity contribution in [1.82, 2.24) is 10.2 Å². The maximum atomic E-state index is 12.5. The van der Waals surface area contributed by atoms with Gasteiger partial charge in [0.25, 0.3) is 0 Å². The largest absolute Gasteiger partial charge is 0.355 e. The Labute approximate surface area is 155 Å². The molecule has 8 heteroatoms. The molecule has 26 heavy (non-hydrogen) atoms. The van der Waals surface area contributed by atoms with Crippen LogP contribution in [-0.4, -0.2) is 45.3 Å². The number of hydrogen-bond acceptors (Lipinski definition) is 4. The Hall–Kier alpha value is -1.93. The SMILES string of the molecule is CCCCN(C)C(=O)C1(C(=O)NCCc2ccc(S(N)(=O)=O)cc2)CC1. The van der Waals surface area contributed by atoms with E-state index in [1.807, 2.05) is 0 Å². The second kappa shape index (κ2) is 8.18. The monoisotopic (exact) mass is 381 g/mol. The zero-order valence-corrected chi connectivity index (χ0v) is 16.1. The van der Waals surface area contributed by atoms with E-state index < -0.39 is 15.4 Å². The topological polar surface area (TPSA) is 110 Å². The fraction of sp³-hybridized carbons (Fsp3) is 0.556. The maximum Gasteiger partial charge on any atom is 0.238 e. The first kappa shape index (κ1) is 20.4. The summed E-state index contributed by atoms with van der Waals surface area (Å²) in [5.74, 6) is -0.312. The van der Waals surface area contributed by atoms with E-state index in [1.54, 1.807) is 24.1 Å². The Morgan fingerprint density at radius 1 is 1.23 bits per heavy atom. The number of primary sulfonamides is 1. The first-order valence-corrected chi connectivity index (χ1v) is 10.4. The Morgan fingerprint density at radius 3 is 2.35 bits per heavy atom. The third kappa shape index (κ3) is 4.82. The average molecular weight is 381 g/mol. The van der Waals surface area contributed by atoms with Crippen LogP contribution in [0.5, 0.6) is 0 Å². The van der Waals surface area contributed by atoms with Crippen molar-refractivity contribution in [1.29, 1.82) is 0 Å². The summed E-state index contributed by atoms with van der Waals surface area (Å²) in [6.07, 6.45) is 3.66. The lowest BCUT2D eigenvalue weighted by atomic mass is 10.0. The van der Waals surface area contributed by atoms with Crippen LogP contribution in [0.2, 0.25) is 0 Å². The summed E-state index contributed by atoms with van der Waals surface area (Å²) in [5.41, 5.74) is -0.00564. The van der Waals surface area contributed by atoms with E-state index in [1.165, 1.54) is 12.1 Å². The second-order valence-corrected chi connectivity index (χ2v) is 8.42. The lowest BCUT2D eigenvalue weighted by Gasteiger charge is -2.23. The van der Waals surface area contributed by atoms with Gasteiger partial charge in [-0.15, -0.1) is 0 Å². The molecular weight excluding hydrogens is 354 g/mol. The van der Waals surface area contributed by atoms with Gasteiger partial charge in [-0.05, 0) is 43.4 Å². The molecule has 0 unspecified atom stereocenters. The molecule has 7 nitrogen and oxygen atoms in total. The molecule has 0 heterocycles. The summed E-state index contributed by atoms with van der Waals surface area (Å²) in [7, 11) is -1.95. The maximum absolute atomic E-state index is 12.5. The van der Waals surface area contributed by atoms with Gasteiger partial charge in [-0.25, -0.2) is 13.6 Å². The van der Waals surface area contributed by atoms with E-state index in [4.69, 9.17) is 5.14 Å². The number of benzene rings is 1. The Balaban J connectivity index is 1.86. The highest BCUT2D eigenvalue weighted by Crippen LogP contribution is 2.47. The van der Waals surface area contributed by atoms with Gasteiger partial charge in [0.05, 0.1) is 4.90 Å². The van der Waals surface area contributed by atoms with Crippen LogP contribution in [0.1, 0.15) is 38.2 Å². The number of sulfonamides is 1. The minimum Gasteiger partial charge on any atom is -0.355 e. The predicted octanol–water partition coefficient (Wildman–Crippen LogP) is 1.03. The zero-order chi connectivity index (χ0) is 19.4. The molecule has 1 aromatic carbocycles. The minimum atomic E-state index is -3.70. The molecule has 0 bridgehead atoms. The highest BCUT2D eigenvalue weighted by atomic mass is 32.2. The van der Waals surface area contributed by atoms with Gasteiger partial charge in [-0.2, -0.15) is 0 Å². The molecule has 2 amide bonds.